The van der Waals surface area contributed by atoms with Crippen LogP contribution in [0, 0.1) is 0 Å². The van der Waals surface area contributed by atoms with E-state index in [0.717, 1.165) is 0 Å². The van der Waals surface area contributed by atoms with Gasteiger partial charge in [0.05, 0.1) is 11.1 Å². The molecule has 0 radical (unpaired) electrons. The quantitative estimate of drug-likeness (QED) is 0.0858. The van der Waals surface area contributed by atoms with Gasteiger partial charge in [-0.3, -0.25) is 0 Å². The minimum Gasteiger partial charge on any atom is -0.459 e. The lowest BCUT2D eigenvalue weighted by Crippen LogP contribution is -2.11. The summed E-state index contributed by atoms with van der Waals surface area (Å²) in [5.74, 6) is 0.406. The van der Waals surface area contributed by atoms with Gasteiger partial charge >= 0.3 is 23.9 Å². The van der Waals surface area contributed by atoms with Crippen molar-refractivity contribution in [1.29, 1.82) is 0 Å². The predicted molar refractivity (Wildman–Crippen MR) is 169 cm³/mol. The second-order valence-corrected chi connectivity index (χ2v) is 10.1. The van der Waals surface area contributed by atoms with Crippen LogP contribution in [0.5, 0.6) is 23.0 Å². The summed E-state index contributed by atoms with van der Waals surface area (Å²) in [5, 5.41) is 0. The Balaban J connectivity index is 1.54. The number of hydrogen-bond acceptors (Lipinski definition) is 10. The molecule has 10 nitrogen and oxygen atoms in total. The third kappa shape index (κ3) is 10.1. The van der Waals surface area contributed by atoms with Gasteiger partial charge < -0.3 is 28.4 Å². The van der Waals surface area contributed by atoms with Gasteiger partial charge in [-0.05, 0) is 114 Å². The molecule has 0 aliphatic heterocycles. The van der Waals surface area contributed by atoms with Gasteiger partial charge in [-0.25, -0.2) is 19.2 Å². The van der Waals surface area contributed by atoms with Crippen LogP contribution >= 0.6 is 0 Å². The molecule has 0 aliphatic carbocycles. The first-order valence-electron chi connectivity index (χ1n) is 13.9. The monoisotopic (exact) mass is 626 g/mol. The Kier molecular flexibility index (Phi) is 11.8. The van der Waals surface area contributed by atoms with Crippen LogP contribution < -0.4 is 18.9 Å². The zero-order valence-electron chi connectivity index (χ0n) is 26.4. The Bertz CT molecular complexity index is 1580. The van der Waals surface area contributed by atoms with Crippen LogP contribution in [0.4, 0.5) is 0 Å². The Morgan fingerprint density at radius 2 is 0.674 bits per heavy atom. The summed E-state index contributed by atoms with van der Waals surface area (Å²) in [6, 6.07) is 18.4. The standard InChI is InChI=1S/C36H34O10/c1-21(2)33(37)43-25(7)23(5)41-29-13-17-31(18-14-29)45-35(39)27-9-11-28(12-10-27)36(40)46-32-19-15-30(16-20-32)42-24(6)26(8)44-34(38)22(3)4/h9-20H,1,3H2,2,4-8H3/b25-23+,26-24+. The van der Waals surface area contributed by atoms with Gasteiger partial charge in [-0.2, -0.15) is 0 Å². The molecule has 0 amide bonds. The minimum absolute atomic E-state index is 0.222. The highest BCUT2D eigenvalue weighted by Gasteiger charge is 2.14. The molecular formula is C36H34O10. The van der Waals surface area contributed by atoms with Crippen LogP contribution in [-0.2, 0) is 19.1 Å². The van der Waals surface area contributed by atoms with E-state index in [0.29, 0.717) is 34.5 Å². The summed E-state index contributed by atoms with van der Waals surface area (Å²) in [4.78, 5) is 48.7. The maximum atomic E-state index is 12.7. The SMILES string of the molecule is C=C(C)C(=O)O/C(C)=C(\C)Oc1ccc(OC(=O)c2ccc(C(=O)Oc3ccc(O/C(C)=C(\C)OC(=O)C(=C)C)cc3)cc2)cc1. The largest absolute Gasteiger partial charge is 0.459 e. The molecule has 0 aromatic heterocycles. The molecule has 10 heteroatoms. The fraction of sp³-hybridized carbons (Fsp3) is 0.167. The van der Waals surface area contributed by atoms with Crippen molar-refractivity contribution < 1.29 is 47.6 Å². The van der Waals surface area contributed by atoms with Crippen molar-refractivity contribution >= 4 is 23.9 Å². The molecule has 0 saturated carbocycles. The number of hydrogen-bond donors (Lipinski definition) is 0. The lowest BCUT2D eigenvalue weighted by Gasteiger charge is -2.11. The summed E-state index contributed by atoms with van der Waals surface area (Å²) in [7, 11) is 0. The first kappa shape index (κ1) is 34.6. The summed E-state index contributed by atoms with van der Waals surface area (Å²) in [6.07, 6.45) is 0. The van der Waals surface area contributed by atoms with E-state index >= 15 is 0 Å². The number of benzene rings is 3. The van der Waals surface area contributed by atoms with E-state index in [2.05, 4.69) is 13.2 Å². The van der Waals surface area contributed by atoms with Crippen molar-refractivity contribution in [2.24, 2.45) is 0 Å². The van der Waals surface area contributed by atoms with E-state index < -0.39 is 23.9 Å². The maximum Gasteiger partial charge on any atom is 0.343 e. The smallest absolute Gasteiger partial charge is 0.343 e. The average Bonchev–Trinajstić information content (AvgIpc) is 3.02. The molecule has 238 valence electrons. The number of carbonyl (C=O) groups is 4. The summed E-state index contributed by atoms with van der Waals surface area (Å²) >= 11 is 0. The molecule has 3 aromatic rings. The fourth-order valence-electron chi connectivity index (χ4n) is 3.32. The zero-order valence-corrected chi connectivity index (χ0v) is 26.4. The van der Waals surface area contributed by atoms with Crippen molar-refractivity contribution in [3.63, 3.8) is 0 Å². The van der Waals surface area contributed by atoms with E-state index in [1.807, 2.05) is 0 Å². The van der Waals surface area contributed by atoms with E-state index in [9.17, 15) is 19.2 Å². The van der Waals surface area contributed by atoms with Crippen molar-refractivity contribution in [3.8, 4) is 23.0 Å². The second-order valence-electron chi connectivity index (χ2n) is 10.1. The Hall–Kier alpha value is -5.90. The zero-order chi connectivity index (χ0) is 34.0. The highest BCUT2D eigenvalue weighted by atomic mass is 16.6. The number of esters is 4. The molecule has 0 unspecified atom stereocenters. The number of rotatable bonds is 12. The third-order valence-corrected chi connectivity index (χ3v) is 6.15. The molecule has 0 fully saturated rings. The van der Waals surface area contributed by atoms with Crippen molar-refractivity contribution in [2.45, 2.75) is 41.5 Å². The van der Waals surface area contributed by atoms with E-state index in [1.165, 1.54) is 24.3 Å². The molecule has 46 heavy (non-hydrogen) atoms. The Morgan fingerprint density at radius 3 is 0.935 bits per heavy atom. The molecule has 0 atom stereocenters. The maximum absolute atomic E-state index is 12.7. The molecule has 0 aliphatic rings. The van der Waals surface area contributed by atoms with Gasteiger partial charge in [0.1, 0.15) is 46.0 Å². The van der Waals surface area contributed by atoms with Gasteiger partial charge in [0.2, 0.25) is 0 Å². The van der Waals surface area contributed by atoms with E-state index in [4.69, 9.17) is 28.4 Å². The lowest BCUT2D eigenvalue weighted by molar-refractivity contribution is -0.136. The van der Waals surface area contributed by atoms with E-state index in [-0.39, 0.29) is 33.8 Å². The molecule has 0 spiro atoms. The van der Waals surface area contributed by atoms with Crippen LogP contribution in [-0.4, -0.2) is 23.9 Å². The predicted octanol–water partition coefficient (Wildman–Crippen LogP) is 7.62. The summed E-state index contributed by atoms with van der Waals surface area (Å²) in [6.45, 7) is 16.7. The third-order valence-electron chi connectivity index (χ3n) is 6.15. The van der Waals surface area contributed by atoms with Gasteiger partial charge in [0, 0.05) is 11.1 Å². The van der Waals surface area contributed by atoms with Gasteiger partial charge in [0.25, 0.3) is 0 Å². The van der Waals surface area contributed by atoms with Gasteiger partial charge in [-0.1, -0.05) is 13.2 Å². The highest BCUT2D eigenvalue weighted by molar-refractivity contribution is 5.95. The molecule has 0 heterocycles. The lowest BCUT2D eigenvalue weighted by atomic mass is 10.1. The van der Waals surface area contributed by atoms with Crippen LogP contribution in [0.2, 0.25) is 0 Å². The van der Waals surface area contributed by atoms with Crippen LogP contribution in [0.15, 0.2) is 120 Å². The molecule has 0 bridgehead atoms. The minimum atomic E-state index is -0.628. The highest BCUT2D eigenvalue weighted by Crippen LogP contribution is 2.24. The molecule has 3 aromatic carbocycles. The molecule has 0 saturated heterocycles. The second kappa shape index (κ2) is 15.7. The van der Waals surface area contributed by atoms with Crippen molar-refractivity contribution in [1.82, 2.24) is 0 Å². The first-order chi connectivity index (χ1) is 21.7. The summed E-state index contributed by atoms with van der Waals surface area (Å²) < 4.78 is 32.5. The van der Waals surface area contributed by atoms with Crippen LogP contribution in [0.1, 0.15) is 62.3 Å². The number of carbonyl (C=O) groups excluding carboxylic acids is 4. The first-order valence-corrected chi connectivity index (χ1v) is 13.9. The van der Waals surface area contributed by atoms with Crippen molar-refractivity contribution in [3.05, 3.63) is 131 Å². The number of allylic oxidation sites excluding steroid dienone is 4. The molecule has 0 N–H and O–H groups in total. The summed E-state index contributed by atoms with van der Waals surface area (Å²) in [5.41, 5.74) is 0.978. The topological polar surface area (TPSA) is 124 Å². The van der Waals surface area contributed by atoms with Crippen molar-refractivity contribution in [2.75, 3.05) is 0 Å². The average molecular weight is 627 g/mol. The van der Waals surface area contributed by atoms with Gasteiger partial charge in [0.15, 0.2) is 0 Å². The number of ether oxygens (including phenoxy) is 6. The fourth-order valence-corrected chi connectivity index (χ4v) is 3.32. The molecular weight excluding hydrogens is 592 g/mol. The molecule has 3 rings (SSSR count). The normalized spacial score (nSPS) is 11.6. The van der Waals surface area contributed by atoms with Crippen LogP contribution in [0.3, 0.4) is 0 Å². The Morgan fingerprint density at radius 1 is 0.413 bits per heavy atom. The Labute approximate surface area is 267 Å². The van der Waals surface area contributed by atoms with Crippen LogP contribution in [0.25, 0.3) is 0 Å². The van der Waals surface area contributed by atoms with E-state index in [1.54, 1.807) is 90.1 Å². The van der Waals surface area contributed by atoms with Gasteiger partial charge in [-0.15, -0.1) is 0 Å².